The van der Waals surface area contributed by atoms with E-state index in [0.29, 0.717) is 24.0 Å². The molecule has 2 aliphatic heterocycles. The minimum atomic E-state index is 0.557. The van der Waals surface area contributed by atoms with Crippen LogP contribution in [-0.4, -0.2) is 39.4 Å². The second kappa shape index (κ2) is 7.32. The minimum absolute atomic E-state index is 0.557. The Kier molecular flexibility index (Phi) is 4.93. The molecule has 0 bridgehead atoms. The second-order valence-electron chi connectivity index (χ2n) is 6.47. The fourth-order valence-corrected chi connectivity index (χ4v) is 4.05. The largest absolute Gasteiger partial charge is 0.486 e. The average molecular weight is 380 g/mol. The van der Waals surface area contributed by atoms with Crippen LogP contribution in [0, 0.1) is 0 Å². The number of nitrogens with zero attached hydrogens (tertiary/aromatic N) is 1. The van der Waals surface area contributed by atoms with Crippen LogP contribution in [0.3, 0.4) is 0 Å². The first kappa shape index (κ1) is 16.8. The van der Waals surface area contributed by atoms with Crippen molar-refractivity contribution < 1.29 is 14.4 Å². The van der Waals surface area contributed by atoms with Gasteiger partial charge in [0.15, 0.2) is 11.5 Å². The molecule has 132 valence electrons. The minimum Gasteiger partial charge on any atom is -0.486 e. The topological polar surface area (TPSA) is 26.1 Å². The third kappa shape index (κ3) is 3.66. The zero-order valence-electron chi connectivity index (χ0n) is 13.9. The lowest BCUT2D eigenvalue weighted by atomic mass is 10.1. The number of benzene rings is 2. The van der Waals surface area contributed by atoms with Gasteiger partial charge in [-0.3, -0.25) is 0 Å². The van der Waals surface area contributed by atoms with Gasteiger partial charge < -0.3 is 19.3 Å². The number of piperazine rings is 1. The van der Waals surface area contributed by atoms with E-state index in [-0.39, 0.29) is 0 Å². The third-order valence-corrected chi connectivity index (χ3v) is 5.37. The Labute approximate surface area is 157 Å². The molecule has 1 saturated heterocycles. The van der Waals surface area contributed by atoms with Gasteiger partial charge in [-0.1, -0.05) is 35.3 Å². The SMILES string of the molecule is Clc1ccccc1N1CC[NH+](Cc2cc(Cl)c3c(c2)OCCO3)CC1. The van der Waals surface area contributed by atoms with Gasteiger partial charge in [0, 0.05) is 5.56 Å². The quantitative estimate of drug-likeness (QED) is 0.887. The van der Waals surface area contributed by atoms with Gasteiger partial charge in [-0.05, 0) is 24.3 Å². The molecule has 0 aromatic heterocycles. The summed E-state index contributed by atoms with van der Waals surface area (Å²) in [5, 5.41) is 1.46. The molecular formula is C19H21Cl2N2O2+. The summed E-state index contributed by atoms with van der Waals surface area (Å²) in [4.78, 5) is 3.90. The van der Waals surface area contributed by atoms with Crippen LogP contribution in [0.5, 0.6) is 11.5 Å². The van der Waals surface area contributed by atoms with E-state index < -0.39 is 0 Å². The highest BCUT2D eigenvalue weighted by atomic mass is 35.5. The summed E-state index contributed by atoms with van der Waals surface area (Å²) in [7, 11) is 0. The van der Waals surface area contributed by atoms with E-state index in [1.807, 2.05) is 24.3 Å². The van der Waals surface area contributed by atoms with Gasteiger partial charge >= 0.3 is 0 Å². The standard InChI is InChI=1S/C19H20Cl2N2O2/c20-15-3-1-2-4-17(15)23-7-5-22(6-8-23)13-14-11-16(21)19-18(12-14)24-9-10-25-19/h1-4,11-12H,5-10,13H2/p+1. The maximum absolute atomic E-state index is 6.35. The van der Waals surface area contributed by atoms with Gasteiger partial charge in [0.1, 0.15) is 19.8 Å². The van der Waals surface area contributed by atoms with Crippen molar-refractivity contribution in [3.05, 3.63) is 52.0 Å². The molecule has 0 saturated carbocycles. The van der Waals surface area contributed by atoms with Crippen molar-refractivity contribution in [3.8, 4) is 11.5 Å². The van der Waals surface area contributed by atoms with Crippen molar-refractivity contribution in [2.45, 2.75) is 6.54 Å². The number of nitrogens with one attached hydrogen (secondary N) is 1. The van der Waals surface area contributed by atoms with Crippen molar-refractivity contribution in [1.29, 1.82) is 0 Å². The van der Waals surface area contributed by atoms with Gasteiger partial charge in [0.05, 0.1) is 41.9 Å². The first-order valence-corrected chi connectivity index (χ1v) is 9.37. The zero-order valence-corrected chi connectivity index (χ0v) is 15.4. The number of hydrogen-bond donors (Lipinski definition) is 1. The Hall–Kier alpha value is -1.62. The molecule has 0 atom stereocenters. The number of quaternary nitrogens is 1. The number of halogens is 2. The van der Waals surface area contributed by atoms with Crippen LogP contribution in [0.1, 0.15) is 5.56 Å². The van der Waals surface area contributed by atoms with Gasteiger partial charge in [0.2, 0.25) is 0 Å². The maximum Gasteiger partial charge on any atom is 0.179 e. The van der Waals surface area contributed by atoms with Crippen LogP contribution in [0.15, 0.2) is 36.4 Å². The molecule has 25 heavy (non-hydrogen) atoms. The van der Waals surface area contributed by atoms with Crippen molar-refractivity contribution in [3.63, 3.8) is 0 Å². The number of ether oxygens (including phenoxy) is 2. The molecule has 1 fully saturated rings. The Morgan fingerprint density at radius 1 is 0.960 bits per heavy atom. The molecule has 4 nitrogen and oxygen atoms in total. The molecule has 0 spiro atoms. The monoisotopic (exact) mass is 379 g/mol. The lowest BCUT2D eigenvalue weighted by molar-refractivity contribution is -0.914. The van der Waals surface area contributed by atoms with Crippen LogP contribution < -0.4 is 19.3 Å². The smallest absolute Gasteiger partial charge is 0.179 e. The molecule has 4 rings (SSSR count). The summed E-state index contributed by atoms with van der Waals surface area (Å²) in [5.41, 5.74) is 2.32. The fourth-order valence-electron chi connectivity index (χ4n) is 3.50. The highest BCUT2D eigenvalue weighted by Gasteiger charge is 2.23. The van der Waals surface area contributed by atoms with Crippen LogP contribution in [0.2, 0.25) is 10.0 Å². The summed E-state index contributed by atoms with van der Waals surface area (Å²) in [5.74, 6) is 1.44. The highest BCUT2D eigenvalue weighted by Crippen LogP contribution is 2.38. The maximum atomic E-state index is 6.35. The van der Waals surface area contributed by atoms with E-state index >= 15 is 0 Å². The van der Waals surface area contributed by atoms with Gasteiger partial charge in [-0.25, -0.2) is 0 Å². The van der Waals surface area contributed by atoms with E-state index in [0.717, 1.165) is 49.2 Å². The lowest BCUT2D eigenvalue weighted by Crippen LogP contribution is -3.13. The first-order chi connectivity index (χ1) is 12.2. The average Bonchev–Trinajstić information content (AvgIpc) is 2.63. The molecule has 1 N–H and O–H groups in total. The molecule has 0 radical (unpaired) electrons. The summed E-state index contributed by atoms with van der Waals surface area (Å²) in [6.45, 7) is 6.20. The number of para-hydroxylation sites is 1. The summed E-state index contributed by atoms with van der Waals surface area (Å²) < 4.78 is 11.3. The van der Waals surface area contributed by atoms with Crippen LogP contribution in [0.4, 0.5) is 5.69 Å². The van der Waals surface area contributed by atoms with E-state index in [9.17, 15) is 0 Å². The predicted octanol–water partition coefficient (Wildman–Crippen LogP) is 2.67. The van der Waals surface area contributed by atoms with Gasteiger partial charge in [0.25, 0.3) is 0 Å². The first-order valence-electron chi connectivity index (χ1n) is 8.62. The molecule has 6 heteroatoms. The third-order valence-electron chi connectivity index (χ3n) is 4.77. The molecule has 0 aliphatic carbocycles. The number of fused-ring (bicyclic) bond motifs is 1. The molecule has 2 heterocycles. The van der Waals surface area contributed by atoms with Crippen LogP contribution >= 0.6 is 23.2 Å². The molecule has 2 aliphatic rings. The van der Waals surface area contributed by atoms with Crippen molar-refractivity contribution in [1.82, 2.24) is 0 Å². The Bertz CT molecular complexity index is 761. The van der Waals surface area contributed by atoms with Crippen molar-refractivity contribution in [2.75, 3.05) is 44.3 Å². The summed E-state index contributed by atoms with van der Waals surface area (Å²) in [6, 6.07) is 12.1. The number of hydrogen-bond acceptors (Lipinski definition) is 3. The zero-order chi connectivity index (χ0) is 17.2. The van der Waals surface area contributed by atoms with Crippen molar-refractivity contribution >= 4 is 28.9 Å². The predicted molar refractivity (Wildman–Crippen MR) is 101 cm³/mol. The summed E-state index contributed by atoms with van der Waals surface area (Å²) in [6.07, 6.45) is 0. The molecular weight excluding hydrogens is 359 g/mol. The van der Waals surface area contributed by atoms with Crippen LogP contribution in [-0.2, 0) is 6.54 Å². The molecule has 0 amide bonds. The number of rotatable bonds is 3. The Morgan fingerprint density at radius 2 is 1.72 bits per heavy atom. The Balaban J connectivity index is 1.41. The Morgan fingerprint density at radius 3 is 2.52 bits per heavy atom. The number of anilines is 1. The molecule has 0 unspecified atom stereocenters. The molecule has 2 aromatic rings. The van der Waals surface area contributed by atoms with Crippen LogP contribution in [0.25, 0.3) is 0 Å². The fraction of sp³-hybridized carbons (Fsp3) is 0.368. The van der Waals surface area contributed by atoms with E-state index in [1.54, 1.807) is 0 Å². The summed E-state index contributed by atoms with van der Waals surface area (Å²) >= 11 is 12.7. The van der Waals surface area contributed by atoms with Gasteiger partial charge in [-0.2, -0.15) is 0 Å². The van der Waals surface area contributed by atoms with E-state index in [2.05, 4.69) is 17.0 Å². The highest BCUT2D eigenvalue weighted by molar-refractivity contribution is 6.33. The van der Waals surface area contributed by atoms with Gasteiger partial charge in [-0.15, -0.1) is 0 Å². The normalized spacial score (nSPS) is 17.6. The molecule has 2 aromatic carbocycles. The van der Waals surface area contributed by atoms with Crippen molar-refractivity contribution in [2.24, 2.45) is 0 Å². The lowest BCUT2D eigenvalue weighted by Gasteiger charge is -2.34. The second-order valence-corrected chi connectivity index (χ2v) is 7.28. The van der Waals surface area contributed by atoms with E-state index in [4.69, 9.17) is 32.7 Å². The van der Waals surface area contributed by atoms with E-state index in [1.165, 1.54) is 10.5 Å².